The summed E-state index contributed by atoms with van der Waals surface area (Å²) in [6.07, 6.45) is 4.79. The lowest BCUT2D eigenvalue weighted by atomic mass is 10.1. The predicted octanol–water partition coefficient (Wildman–Crippen LogP) is 3.62. The average molecular weight is 288 g/mol. The maximum Gasteiger partial charge on any atom is 0.160 e. The molecule has 3 heterocycles. The van der Waals surface area contributed by atoms with Crippen molar-refractivity contribution >= 4 is 5.65 Å². The van der Waals surface area contributed by atoms with Gasteiger partial charge in [-0.15, -0.1) is 10.2 Å². The second kappa shape index (κ2) is 5.15. The summed E-state index contributed by atoms with van der Waals surface area (Å²) >= 11 is 0. The molecule has 0 saturated carbocycles. The zero-order chi connectivity index (χ0) is 14.9. The minimum Gasteiger partial charge on any atom is -0.361 e. The first-order chi connectivity index (χ1) is 10.8. The van der Waals surface area contributed by atoms with Gasteiger partial charge >= 0.3 is 0 Å². The van der Waals surface area contributed by atoms with Crippen molar-refractivity contribution in [2.24, 2.45) is 0 Å². The number of aromatic nitrogens is 4. The Morgan fingerprint density at radius 3 is 2.64 bits per heavy atom. The normalized spacial score (nSPS) is 11.1. The minimum atomic E-state index is 0.773. The van der Waals surface area contributed by atoms with Crippen molar-refractivity contribution in [2.75, 3.05) is 0 Å². The number of rotatable bonds is 3. The topological polar surface area (TPSA) is 46.0 Å². The summed E-state index contributed by atoms with van der Waals surface area (Å²) in [7, 11) is 0. The largest absolute Gasteiger partial charge is 0.361 e. The number of nitrogens with zero attached hydrogens (tertiary/aromatic N) is 3. The van der Waals surface area contributed by atoms with E-state index in [2.05, 4.69) is 69.1 Å². The van der Waals surface area contributed by atoms with E-state index in [4.69, 9.17) is 0 Å². The van der Waals surface area contributed by atoms with Gasteiger partial charge in [0.05, 0.1) is 0 Å². The number of nitrogens with one attached hydrogen (secondary N) is 1. The first-order valence-electron chi connectivity index (χ1n) is 7.32. The van der Waals surface area contributed by atoms with Crippen LogP contribution in [0.5, 0.6) is 0 Å². The molecule has 3 aromatic heterocycles. The Labute approximate surface area is 128 Å². The molecule has 1 aromatic carbocycles. The maximum atomic E-state index is 4.34. The average Bonchev–Trinajstić information content (AvgIpc) is 3.19. The Balaban J connectivity index is 1.74. The number of pyridine rings is 1. The Kier molecular flexibility index (Phi) is 3.00. The van der Waals surface area contributed by atoms with Gasteiger partial charge in [-0.1, -0.05) is 29.8 Å². The van der Waals surface area contributed by atoms with Crippen LogP contribution in [0.15, 0.2) is 60.9 Å². The Morgan fingerprint density at radius 2 is 1.86 bits per heavy atom. The van der Waals surface area contributed by atoms with Gasteiger partial charge in [0.15, 0.2) is 5.65 Å². The van der Waals surface area contributed by atoms with E-state index in [1.54, 1.807) is 0 Å². The van der Waals surface area contributed by atoms with Crippen LogP contribution in [0.1, 0.15) is 17.0 Å². The van der Waals surface area contributed by atoms with E-state index in [9.17, 15) is 0 Å². The first kappa shape index (κ1) is 12.8. The van der Waals surface area contributed by atoms with Crippen LogP contribution in [0.4, 0.5) is 0 Å². The summed E-state index contributed by atoms with van der Waals surface area (Å²) in [6.45, 7) is 2.10. The molecule has 4 nitrogen and oxygen atoms in total. The minimum absolute atomic E-state index is 0.773. The fourth-order valence-corrected chi connectivity index (χ4v) is 2.62. The summed E-state index contributed by atoms with van der Waals surface area (Å²) in [5.41, 5.74) is 5.60. The van der Waals surface area contributed by atoms with E-state index < -0.39 is 0 Å². The number of hydrogen-bond acceptors (Lipinski definition) is 2. The van der Waals surface area contributed by atoms with Crippen LogP contribution in [0, 0.1) is 6.92 Å². The van der Waals surface area contributed by atoms with Crippen LogP contribution in [0.2, 0.25) is 0 Å². The molecule has 1 N–H and O–H groups in total. The lowest BCUT2D eigenvalue weighted by Gasteiger charge is -2.04. The standard InChI is InChI=1S/C18H16N4/c1-13-4-6-14(7-5-13)11-18-21-20-17-9-8-15(12-22(17)18)16-3-2-10-19-16/h2-10,12,19H,11H2,1H3. The Bertz CT molecular complexity index is 902. The van der Waals surface area contributed by atoms with Crippen LogP contribution in [0.3, 0.4) is 0 Å². The molecule has 0 bridgehead atoms. The van der Waals surface area contributed by atoms with E-state index >= 15 is 0 Å². The Hall–Kier alpha value is -2.88. The quantitative estimate of drug-likeness (QED) is 0.626. The number of aromatic amines is 1. The van der Waals surface area contributed by atoms with E-state index in [-0.39, 0.29) is 0 Å². The molecule has 4 heteroatoms. The highest BCUT2D eigenvalue weighted by Crippen LogP contribution is 2.19. The zero-order valence-electron chi connectivity index (χ0n) is 12.3. The molecule has 0 spiro atoms. The lowest BCUT2D eigenvalue weighted by Crippen LogP contribution is -1.97. The summed E-state index contributed by atoms with van der Waals surface area (Å²) in [6, 6.07) is 16.7. The van der Waals surface area contributed by atoms with E-state index in [1.807, 2.05) is 18.3 Å². The third-order valence-electron chi connectivity index (χ3n) is 3.86. The van der Waals surface area contributed by atoms with Gasteiger partial charge in [0.25, 0.3) is 0 Å². The number of hydrogen-bond donors (Lipinski definition) is 1. The summed E-state index contributed by atoms with van der Waals surface area (Å²) in [4.78, 5) is 3.23. The van der Waals surface area contributed by atoms with Gasteiger partial charge in [0.2, 0.25) is 0 Å². The molecular formula is C18H16N4. The highest BCUT2D eigenvalue weighted by Gasteiger charge is 2.08. The van der Waals surface area contributed by atoms with Crippen LogP contribution < -0.4 is 0 Å². The smallest absolute Gasteiger partial charge is 0.160 e. The third kappa shape index (κ3) is 2.29. The summed E-state index contributed by atoms with van der Waals surface area (Å²) in [5.74, 6) is 0.951. The number of H-pyrrole nitrogens is 1. The molecule has 0 fully saturated rings. The number of aryl methyl sites for hydroxylation is 1. The van der Waals surface area contributed by atoms with Crippen LogP contribution in [-0.4, -0.2) is 19.6 Å². The van der Waals surface area contributed by atoms with E-state index in [1.165, 1.54) is 11.1 Å². The number of fused-ring (bicyclic) bond motifs is 1. The van der Waals surface area contributed by atoms with Gasteiger partial charge < -0.3 is 4.98 Å². The van der Waals surface area contributed by atoms with Gasteiger partial charge in [-0.05, 0) is 36.8 Å². The fourth-order valence-electron chi connectivity index (χ4n) is 2.62. The molecule has 4 rings (SSSR count). The highest BCUT2D eigenvalue weighted by atomic mass is 15.2. The van der Waals surface area contributed by atoms with Crippen molar-refractivity contribution in [1.82, 2.24) is 19.6 Å². The van der Waals surface area contributed by atoms with Crippen LogP contribution in [-0.2, 0) is 6.42 Å². The monoisotopic (exact) mass is 288 g/mol. The molecule has 4 aromatic rings. The molecule has 0 atom stereocenters. The second-order valence-electron chi connectivity index (χ2n) is 5.51. The SMILES string of the molecule is Cc1ccc(Cc2nnc3ccc(-c4ccc[nH]4)cn23)cc1. The highest BCUT2D eigenvalue weighted by molar-refractivity contribution is 5.61. The second-order valence-corrected chi connectivity index (χ2v) is 5.51. The molecule has 0 radical (unpaired) electrons. The van der Waals surface area contributed by atoms with Crippen molar-refractivity contribution in [3.8, 4) is 11.3 Å². The van der Waals surface area contributed by atoms with Gasteiger partial charge in [0.1, 0.15) is 5.82 Å². The molecule has 0 aliphatic carbocycles. The molecule has 22 heavy (non-hydrogen) atoms. The Morgan fingerprint density at radius 1 is 1.00 bits per heavy atom. The predicted molar refractivity (Wildman–Crippen MR) is 86.8 cm³/mol. The van der Waals surface area contributed by atoms with Crippen LogP contribution in [0.25, 0.3) is 16.9 Å². The van der Waals surface area contributed by atoms with E-state index in [0.717, 1.165) is 29.1 Å². The maximum absolute atomic E-state index is 4.34. The lowest BCUT2D eigenvalue weighted by molar-refractivity contribution is 0.934. The molecule has 0 aliphatic heterocycles. The summed E-state index contributed by atoms with van der Waals surface area (Å²) < 4.78 is 2.07. The molecule has 0 aliphatic rings. The van der Waals surface area contributed by atoms with Crippen molar-refractivity contribution in [1.29, 1.82) is 0 Å². The van der Waals surface area contributed by atoms with E-state index in [0.29, 0.717) is 0 Å². The van der Waals surface area contributed by atoms with Crippen molar-refractivity contribution < 1.29 is 0 Å². The van der Waals surface area contributed by atoms with Gasteiger partial charge in [-0.25, -0.2) is 0 Å². The van der Waals surface area contributed by atoms with Crippen molar-refractivity contribution in [2.45, 2.75) is 13.3 Å². The van der Waals surface area contributed by atoms with Crippen molar-refractivity contribution in [3.63, 3.8) is 0 Å². The fraction of sp³-hybridized carbons (Fsp3) is 0.111. The van der Waals surface area contributed by atoms with Gasteiger partial charge in [0, 0.05) is 30.1 Å². The molecule has 0 unspecified atom stereocenters. The summed E-state index contributed by atoms with van der Waals surface area (Å²) in [5, 5.41) is 8.60. The molecule has 0 saturated heterocycles. The molecule has 108 valence electrons. The van der Waals surface area contributed by atoms with Crippen molar-refractivity contribution in [3.05, 3.63) is 77.9 Å². The molecule has 0 amide bonds. The molecular weight excluding hydrogens is 272 g/mol. The van der Waals surface area contributed by atoms with Crippen LogP contribution >= 0.6 is 0 Å². The van der Waals surface area contributed by atoms with Gasteiger partial charge in [-0.2, -0.15) is 0 Å². The van der Waals surface area contributed by atoms with Gasteiger partial charge in [-0.3, -0.25) is 4.40 Å². The number of benzene rings is 1. The zero-order valence-corrected chi connectivity index (χ0v) is 12.3. The third-order valence-corrected chi connectivity index (χ3v) is 3.86. The first-order valence-corrected chi connectivity index (χ1v) is 7.32.